The first-order valence-electron chi connectivity index (χ1n) is 7.08. The summed E-state index contributed by atoms with van der Waals surface area (Å²) in [5, 5.41) is 3.01. The van der Waals surface area contributed by atoms with Crippen molar-refractivity contribution in [1.82, 2.24) is 0 Å². The normalized spacial score (nSPS) is 11.3. The number of nitrogens with two attached hydrogens (primary N) is 1. The van der Waals surface area contributed by atoms with E-state index in [4.69, 9.17) is 19.9 Å². The van der Waals surface area contributed by atoms with E-state index in [1.807, 2.05) is 12.1 Å². The van der Waals surface area contributed by atoms with E-state index < -0.39 is 0 Å². The minimum Gasteiger partial charge on any atom is -0.493 e. The number of hydrogen-bond donors (Lipinski definition) is 2. The highest BCUT2D eigenvalue weighted by atomic mass is 16.5. The largest absolute Gasteiger partial charge is 0.493 e. The smallest absolute Gasteiger partial charge is 0.193 e. The first-order chi connectivity index (χ1) is 10.2. The molecule has 0 saturated carbocycles. The van der Waals surface area contributed by atoms with Gasteiger partial charge >= 0.3 is 0 Å². The lowest BCUT2D eigenvalue weighted by Gasteiger charge is -2.11. The fourth-order valence-corrected chi connectivity index (χ4v) is 1.68. The second kappa shape index (κ2) is 9.88. The van der Waals surface area contributed by atoms with Crippen molar-refractivity contribution in [2.45, 2.75) is 19.8 Å². The number of anilines is 1. The first kappa shape index (κ1) is 17.1. The number of unbranched alkanes of at least 4 members (excludes halogenated alkanes) is 1. The number of ether oxygens (including phenoxy) is 3. The van der Waals surface area contributed by atoms with Gasteiger partial charge in [0.1, 0.15) is 0 Å². The summed E-state index contributed by atoms with van der Waals surface area (Å²) in [5.74, 6) is 1.65. The molecule has 1 aromatic rings. The molecule has 0 atom stereocenters. The number of hydrogen-bond acceptors (Lipinski definition) is 4. The lowest BCUT2D eigenvalue weighted by Crippen LogP contribution is -2.23. The van der Waals surface area contributed by atoms with Crippen molar-refractivity contribution in [2.75, 3.05) is 39.3 Å². The van der Waals surface area contributed by atoms with E-state index in [1.54, 1.807) is 20.3 Å². The van der Waals surface area contributed by atoms with Gasteiger partial charge < -0.3 is 25.3 Å². The number of rotatable bonds is 9. The van der Waals surface area contributed by atoms with Crippen molar-refractivity contribution in [3.8, 4) is 11.5 Å². The monoisotopic (exact) mass is 295 g/mol. The van der Waals surface area contributed by atoms with Gasteiger partial charge in [0.15, 0.2) is 17.5 Å². The summed E-state index contributed by atoms with van der Waals surface area (Å²) in [6.07, 6.45) is 2.20. The summed E-state index contributed by atoms with van der Waals surface area (Å²) < 4.78 is 15.8. The molecular weight excluding hydrogens is 270 g/mol. The van der Waals surface area contributed by atoms with Crippen LogP contribution in [-0.2, 0) is 4.74 Å². The minimum absolute atomic E-state index is 0.348. The number of methoxy groups -OCH3 is 2. The van der Waals surface area contributed by atoms with Crippen LogP contribution < -0.4 is 20.5 Å². The molecule has 21 heavy (non-hydrogen) atoms. The zero-order valence-electron chi connectivity index (χ0n) is 13.0. The van der Waals surface area contributed by atoms with Crippen LogP contribution in [0.25, 0.3) is 0 Å². The Kier molecular flexibility index (Phi) is 8.04. The van der Waals surface area contributed by atoms with Crippen LogP contribution in [0.2, 0.25) is 0 Å². The summed E-state index contributed by atoms with van der Waals surface area (Å²) in [7, 11) is 3.19. The zero-order chi connectivity index (χ0) is 15.5. The number of guanidine groups is 1. The highest BCUT2D eigenvalue weighted by Crippen LogP contribution is 2.29. The van der Waals surface area contributed by atoms with Crippen LogP contribution in [0, 0.1) is 0 Å². The maximum absolute atomic E-state index is 5.82. The molecular formula is C15H25N3O3. The Balaban J connectivity index is 2.44. The quantitative estimate of drug-likeness (QED) is 0.415. The Labute approximate surface area is 126 Å². The van der Waals surface area contributed by atoms with Crippen molar-refractivity contribution in [1.29, 1.82) is 0 Å². The van der Waals surface area contributed by atoms with Crippen LogP contribution in [0.15, 0.2) is 23.2 Å². The van der Waals surface area contributed by atoms with Gasteiger partial charge in [0.2, 0.25) is 0 Å². The van der Waals surface area contributed by atoms with Crippen LogP contribution in [0.1, 0.15) is 19.8 Å². The molecule has 0 radical (unpaired) electrons. The van der Waals surface area contributed by atoms with E-state index in [0.717, 1.165) is 25.1 Å². The summed E-state index contributed by atoms with van der Waals surface area (Å²) in [6.45, 7) is 4.02. The van der Waals surface area contributed by atoms with Gasteiger partial charge in [-0.05, 0) is 18.6 Å². The van der Waals surface area contributed by atoms with E-state index in [2.05, 4.69) is 17.2 Å². The molecule has 6 nitrogen and oxygen atoms in total. The zero-order valence-corrected chi connectivity index (χ0v) is 13.0. The molecule has 1 aromatic carbocycles. The summed E-state index contributed by atoms with van der Waals surface area (Å²) in [5.41, 5.74) is 6.61. The number of benzene rings is 1. The van der Waals surface area contributed by atoms with Gasteiger partial charge in [-0.25, -0.2) is 0 Å². The molecule has 0 aromatic heterocycles. The SMILES string of the molecule is CCCCOCCN=C(N)Nc1ccc(OC)c(OC)c1. The third-order valence-electron chi connectivity index (χ3n) is 2.82. The Bertz CT molecular complexity index is 450. The molecule has 0 saturated heterocycles. The third-order valence-corrected chi connectivity index (χ3v) is 2.82. The lowest BCUT2D eigenvalue weighted by molar-refractivity contribution is 0.139. The standard InChI is InChI=1S/C15H25N3O3/c1-4-5-9-21-10-8-17-15(16)18-12-6-7-13(19-2)14(11-12)20-3/h6-7,11H,4-5,8-10H2,1-3H3,(H3,16,17,18). The maximum atomic E-state index is 5.82. The fourth-order valence-electron chi connectivity index (χ4n) is 1.68. The molecule has 1 rings (SSSR count). The molecule has 118 valence electrons. The summed E-state index contributed by atoms with van der Waals surface area (Å²) >= 11 is 0. The van der Waals surface area contributed by atoms with E-state index >= 15 is 0 Å². The lowest BCUT2D eigenvalue weighted by atomic mass is 10.3. The maximum Gasteiger partial charge on any atom is 0.193 e. The van der Waals surface area contributed by atoms with E-state index in [9.17, 15) is 0 Å². The molecule has 0 aliphatic carbocycles. The van der Waals surface area contributed by atoms with E-state index in [-0.39, 0.29) is 0 Å². The van der Waals surface area contributed by atoms with Crippen LogP contribution >= 0.6 is 0 Å². The second-order valence-electron chi connectivity index (χ2n) is 4.43. The number of aliphatic imine (C=N–C) groups is 1. The molecule has 0 fully saturated rings. The molecule has 0 heterocycles. The minimum atomic E-state index is 0.348. The topological polar surface area (TPSA) is 78.1 Å². The average molecular weight is 295 g/mol. The van der Waals surface area contributed by atoms with E-state index in [0.29, 0.717) is 30.6 Å². The van der Waals surface area contributed by atoms with Gasteiger partial charge in [-0.3, -0.25) is 4.99 Å². The summed E-state index contributed by atoms with van der Waals surface area (Å²) in [6, 6.07) is 5.46. The van der Waals surface area contributed by atoms with Crippen molar-refractivity contribution in [2.24, 2.45) is 10.7 Å². The summed E-state index contributed by atoms with van der Waals surface area (Å²) in [4.78, 5) is 4.20. The molecule has 0 unspecified atom stereocenters. The van der Waals surface area contributed by atoms with Crippen molar-refractivity contribution in [3.05, 3.63) is 18.2 Å². The van der Waals surface area contributed by atoms with Crippen molar-refractivity contribution < 1.29 is 14.2 Å². The number of nitrogens with one attached hydrogen (secondary N) is 1. The fraction of sp³-hybridized carbons (Fsp3) is 0.533. The Morgan fingerprint density at radius 1 is 1.19 bits per heavy atom. The van der Waals surface area contributed by atoms with Crippen LogP contribution in [0.4, 0.5) is 5.69 Å². The van der Waals surface area contributed by atoms with Crippen LogP contribution in [-0.4, -0.2) is 39.9 Å². The van der Waals surface area contributed by atoms with Crippen molar-refractivity contribution in [3.63, 3.8) is 0 Å². The Morgan fingerprint density at radius 3 is 2.62 bits per heavy atom. The molecule has 0 aliphatic rings. The predicted octanol–water partition coefficient (Wildman–Crippen LogP) is 2.25. The van der Waals surface area contributed by atoms with Gasteiger partial charge in [-0.2, -0.15) is 0 Å². The molecule has 0 bridgehead atoms. The van der Waals surface area contributed by atoms with Gasteiger partial charge in [-0.15, -0.1) is 0 Å². The average Bonchev–Trinajstić information content (AvgIpc) is 2.50. The Hall–Kier alpha value is -1.95. The van der Waals surface area contributed by atoms with Gasteiger partial charge in [-0.1, -0.05) is 13.3 Å². The number of nitrogens with zero attached hydrogens (tertiary/aromatic N) is 1. The molecule has 0 aliphatic heterocycles. The second-order valence-corrected chi connectivity index (χ2v) is 4.43. The van der Waals surface area contributed by atoms with Crippen molar-refractivity contribution >= 4 is 11.6 Å². The highest BCUT2D eigenvalue weighted by molar-refractivity contribution is 5.92. The van der Waals surface area contributed by atoms with Crippen LogP contribution in [0.5, 0.6) is 11.5 Å². The molecule has 6 heteroatoms. The Morgan fingerprint density at radius 2 is 1.95 bits per heavy atom. The highest BCUT2D eigenvalue weighted by Gasteiger charge is 2.04. The first-order valence-corrected chi connectivity index (χ1v) is 7.08. The van der Waals surface area contributed by atoms with Crippen LogP contribution in [0.3, 0.4) is 0 Å². The van der Waals surface area contributed by atoms with E-state index in [1.165, 1.54) is 0 Å². The molecule has 3 N–H and O–H groups in total. The molecule has 0 spiro atoms. The van der Waals surface area contributed by atoms with Gasteiger partial charge in [0, 0.05) is 18.4 Å². The molecule has 0 amide bonds. The van der Waals surface area contributed by atoms with Gasteiger partial charge in [0.05, 0.1) is 27.4 Å². The third kappa shape index (κ3) is 6.35. The van der Waals surface area contributed by atoms with Gasteiger partial charge in [0.25, 0.3) is 0 Å². The predicted molar refractivity (Wildman–Crippen MR) is 85.4 cm³/mol.